The molecule has 0 aliphatic rings. The maximum Gasteiger partial charge on any atom is 0.0890 e. The molecule has 4 nitrogen and oxygen atoms in total. The summed E-state index contributed by atoms with van der Waals surface area (Å²) in [6.07, 6.45) is 0. The van der Waals surface area contributed by atoms with E-state index in [1.54, 1.807) is 0 Å². The van der Waals surface area contributed by atoms with Gasteiger partial charge in [0.2, 0.25) is 0 Å². The first-order valence-electron chi connectivity index (χ1n) is 6.12. The second-order valence-corrected chi connectivity index (χ2v) is 4.74. The molecule has 4 heteroatoms. The molecular weight excluding hydrogens is 236 g/mol. The van der Waals surface area contributed by atoms with Gasteiger partial charge in [0.25, 0.3) is 0 Å². The van der Waals surface area contributed by atoms with Gasteiger partial charge in [0.05, 0.1) is 11.4 Å². The lowest BCUT2D eigenvalue weighted by Gasteiger charge is -2.05. The van der Waals surface area contributed by atoms with Crippen molar-refractivity contribution in [3.63, 3.8) is 0 Å². The van der Waals surface area contributed by atoms with Crippen molar-refractivity contribution in [3.05, 3.63) is 47.0 Å². The molecular formula is C15H18N4. The molecule has 0 aliphatic heterocycles. The lowest BCUT2D eigenvalue weighted by atomic mass is 10.1. The first-order valence-corrected chi connectivity index (χ1v) is 6.12. The Kier molecular flexibility index (Phi) is 3.51. The summed E-state index contributed by atoms with van der Waals surface area (Å²) in [5.74, 6) is 0. The molecule has 0 atom stereocenters. The number of rotatable bonds is 2. The van der Waals surface area contributed by atoms with Crippen LogP contribution in [-0.2, 0) is 0 Å². The van der Waals surface area contributed by atoms with Gasteiger partial charge in [-0.15, -0.1) is 0 Å². The van der Waals surface area contributed by atoms with Crippen LogP contribution in [0.5, 0.6) is 0 Å². The highest BCUT2D eigenvalue weighted by Crippen LogP contribution is 2.27. The van der Waals surface area contributed by atoms with Crippen molar-refractivity contribution in [1.29, 1.82) is 0 Å². The molecule has 0 fully saturated rings. The van der Waals surface area contributed by atoms with Crippen LogP contribution in [0.2, 0.25) is 0 Å². The van der Waals surface area contributed by atoms with Gasteiger partial charge in [0.1, 0.15) is 0 Å². The van der Waals surface area contributed by atoms with Crippen molar-refractivity contribution in [2.45, 2.75) is 20.8 Å². The first-order chi connectivity index (χ1) is 8.97. The van der Waals surface area contributed by atoms with Crippen molar-refractivity contribution in [3.8, 4) is 0 Å². The van der Waals surface area contributed by atoms with E-state index in [1.807, 2.05) is 51.1 Å². The zero-order valence-corrected chi connectivity index (χ0v) is 11.4. The highest BCUT2D eigenvalue weighted by molar-refractivity contribution is 5.59. The number of anilines is 2. The molecule has 0 aliphatic carbocycles. The number of hydrogen-bond donors (Lipinski definition) is 2. The van der Waals surface area contributed by atoms with Crippen LogP contribution in [0, 0.1) is 20.8 Å². The smallest absolute Gasteiger partial charge is 0.0890 e. The Morgan fingerprint density at radius 2 is 1.42 bits per heavy atom. The van der Waals surface area contributed by atoms with E-state index in [0.717, 1.165) is 39.4 Å². The summed E-state index contributed by atoms with van der Waals surface area (Å²) in [5, 5.41) is 8.52. The monoisotopic (exact) mass is 254 g/mol. The summed E-state index contributed by atoms with van der Waals surface area (Å²) in [5.41, 5.74) is 17.8. The van der Waals surface area contributed by atoms with Gasteiger partial charge < -0.3 is 11.5 Å². The van der Waals surface area contributed by atoms with E-state index in [2.05, 4.69) is 10.2 Å². The highest BCUT2D eigenvalue weighted by atomic mass is 15.1. The van der Waals surface area contributed by atoms with Crippen molar-refractivity contribution in [2.75, 3.05) is 11.5 Å². The minimum absolute atomic E-state index is 0.762. The summed E-state index contributed by atoms with van der Waals surface area (Å²) >= 11 is 0. The van der Waals surface area contributed by atoms with Gasteiger partial charge in [0.15, 0.2) is 0 Å². The third-order valence-corrected chi connectivity index (χ3v) is 3.11. The fraction of sp³-hybridized carbons (Fsp3) is 0.200. The van der Waals surface area contributed by atoms with Crippen LogP contribution in [0.25, 0.3) is 0 Å². The number of hydrogen-bond acceptors (Lipinski definition) is 4. The SMILES string of the molecule is Cc1cc(/N=N/c2cc(C)c(N)cc2C)ccc1N. The van der Waals surface area contributed by atoms with Crippen LogP contribution in [0.4, 0.5) is 22.7 Å². The Balaban J connectivity index is 2.32. The van der Waals surface area contributed by atoms with Crippen LogP contribution in [-0.4, -0.2) is 0 Å². The maximum atomic E-state index is 5.85. The number of nitrogens with two attached hydrogens (primary N) is 2. The molecule has 0 radical (unpaired) electrons. The Morgan fingerprint density at radius 1 is 0.737 bits per heavy atom. The predicted octanol–water partition coefficient (Wildman–Crippen LogP) is 4.19. The quantitative estimate of drug-likeness (QED) is 0.622. The van der Waals surface area contributed by atoms with E-state index in [9.17, 15) is 0 Å². The third kappa shape index (κ3) is 2.91. The fourth-order valence-corrected chi connectivity index (χ4v) is 1.76. The average molecular weight is 254 g/mol. The summed E-state index contributed by atoms with van der Waals surface area (Å²) in [7, 11) is 0. The van der Waals surface area contributed by atoms with Crippen LogP contribution in [0.1, 0.15) is 16.7 Å². The number of nitrogens with zero attached hydrogens (tertiary/aromatic N) is 2. The van der Waals surface area contributed by atoms with Crippen molar-refractivity contribution in [2.24, 2.45) is 10.2 Å². The average Bonchev–Trinajstić information content (AvgIpc) is 2.36. The lowest BCUT2D eigenvalue weighted by Crippen LogP contribution is -1.90. The molecule has 19 heavy (non-hydrogen) atoms. The largest absolute Gasteiger partial charge is 0.399 e. The normalized spacial score (nSPS) is 11.1. The molecule has 0 saturated heterocycles. The van der Waals surface area contributed by atoms with Crippen molar-refractivity contribution < 1.29 is 0 Å². The highest BCUT2D eigenvalue weighted by Gasteiger charge is 2.01. The number of benzene rings is 2. The second-order valence-electron chi connectivity index (χ2n) is 4.74. The molecule has 2 aromatic rings. The third-order valence-electron chi connectivity index (χ3n) is 3.11. The molecule has 0 unspecified atom stereocenters. The van der Waals surface area contributed by atoms with E-state index in [1.165, 1.54) is 0 Å². The molecule has 98 valence electrons. The summed E-state index contributed by atoms with van der Waals surface area (Å²) in [6.45, 7) is 5.88. The molecule has 0 heterocycles. The summed E-state index contributed by atoms with van der Waals surface area (Å²) < 4.78 is 0. The standard InChI is InChI=1S/C15H18N4/c1-9-6-12(4-5-13(9)16)18-19-15-8-10(2)14(17)7-11(15)3/h4-8H,16-17H2,1-3H3/b19-18+. The van der Waals surface area contributed by atoms with E-state index < -0.39 is 0 Å². The first kappa shape index (κ1) is 13.1. The predicted molar refractivity (Wildman–Crippen MR) is 80.1 cm³/mol. The lowest BCUT2D eigenvalue weighted by molar-refractivity contribution is 1.20. The van der Waals surface area contributed by atoms with Crippen LogP contribution in [0.3, 0.4) is 0 Å². The number of aryl methyl sites for hydroxylation is 3. The minimum atomic E-state index is 0.762. The molecule has 0 bridgehead atoms. The fourth-order valence-electron chi connectivity index (χ4n) is 1.76. The van der Waals surface area contributed by atoms with Crippen LogP contribution in [0.15, 0.2) is 40.6 Å². The molecule has 0 aromatic heterocycles. The van der Waals surface area contributed by atoms with Gasteiger partial charge in [-0.1, -0.05) is 0 Å². The summed E-state index contributed by atoms with van der Waals surface area (Å²) in [6, 6.07) is 9.46. The van der Waals surface area contributed by atoms with Crippen LogP contribution < -0.4 is 11.5 Å². The topological polar surface area (TPSA) is 76.8 Å². The molecule has 2 rings (SSSR count). The Hall–Kier alpha value is -2.36. The van der Waals surface area contributed by atoms with Gasteiger partial charge in [-0.3, -0.25) is 0 Å². The Morgan fingerprint density at radius 3 is 2.11 bits per heavy atom. The Bertz CT molecular complexity index is 645. The van der Waals surface area contributed by atoms with Gasteiger partial charge >= 0.3 is 0 Å². The van der Waals surface area contributed by atoms with Crippen molar-refractivity contribution >= 4 is 22.7 Å². The molecule has 0 amide bonds. The molecule has 0 spiro atoms. The van der Waals surface area contributed by atoms with Crippen LogP contribution >= 0.6 is 0 Å². The zero-order chi connectivity index (χ0) is 14.0. The maximum absolute atomic E-state index is 5.85. The van der Waals surface area contributed by atoms with Gasteiger partial charge in [0, 0.05) is 11.4 Å². The molecule has 4 N–H and O–H groups in total. The van der Waals surface area contributed by atoms with Gasteiger partial charge in [-0.05, 0) is 67.8 Å². The van der Waals surface area contributed by atoms with E-state index in [4.69, 9.17) is 11.5 Å². The van der Waals surface area contributed by atoms with Gasteiger partial charge in [-0.2, -0.15) is 10.2 Å². The van der Waals surface area contributed by atoms with E-state index >= 15 is 0 Å². The van der Waals surface area contributed by atoms with E-state index in [0.29, 0.717) is 0 Å². The van der Waals surface area contributed by atoms with E-state index in [-0.39, 0.29) is 0 Å². The number of azo groups is 1. The summed E-state index contributed by atoms with van der Waals surface area (Å²) in [4.78, 5) is 0. The van der Waals surface area contributed by atoms with Crippen molar-refractivity contribution in [1.82, 2.24) is 0 Å². The molecule has 2 aromatic carbocycles. The molecule has 0 saturated carbocycles. The second kappa shape index (κ2) is 5.10. The number of nitrogen functional groups attached to an aromatic ring is 2. The van der Waals surface area contributed by atoms with Gasteiger partial charge in [-0.25, -0.2) is 0 Å². The Labute approximate surface area is 113 Å². The minimum Gasteiger partial charge on any atom is -0.399 e. The zero-order valence-electron chi connectivity index (χ0n) is 11.4.